The summed E-state index contributed by atoms with van der Waals surface area (Å²) < 4.78 is 43.8. The lowest BCUT2D eigenvalue weighted by Gasteiger charge is -2.33. The summed E-state index contributed by atoms with van der Waals surface area (Å²) in [5, 5.41) is 3.02. The summed E-state index contributed by atoms with van der Waals surface area (Å²) in [4.78, 5) is 28.7. The topological polar surface area (TPSA) is 86.8 Å². The minimum absolute atomic E-state index is 0.0315. The lowest BCUT2D eigenvalue weighted by Crippen LogP contribution is -2.52. The van der Waals surface area contributed by atoms with Crippen LogP contribution in [0.15, 0.2) is 71.6 Å². The molecule has 0 bridgehead atoms. The Morgan fingerprint density at radius 2 is 1.59 bits per heavy atom. The van der Waals surface area contributed by atoms with Gasteiger partial charge in [-0.15, -0.1) is 0 Å². The Balaban J connectivity index is 1.72. The molecule has 9 heteroatoms. The number of amides is 2. The van der Waals surface area contributed by atoms with Crippen molar-refractivity contribution >= 4 is 27.5 Å². The lowest BCUT2D eigenvalue weighted by molar-refractivity contribution is -0.139. The number of halogens is 1. The van der Waals surface area contributed by atoms with Crippen molar-refractivity contribution in [3.05, 3.63) is 94.8 Å². The summed E-state index contributed by atoms with van der Waals surface area (Å²) in [6.45, 7) is 6.41. The first kappa shape index (κ1) is 30.2. The largest absolute Gasteiger partial charge is 0.352 e. The van der Waals surface area contributed by atoms with Crippen LogP contribution in [0.5, 0.6) is 0 Å². The summed E-state index contributed by atoms with van der Waals surface area (Å²) in [5.74, 6) is -1.47. The van der Waals surface area contributed by atoms with Crippen LogP contribution in [0.25, 0.3) is 0 Å². The third-order valence-corrected chi connectivity index (χ3v) is 9.45. The van der Waals surface area contributed by atoms with E-state index >= 15 is 0 Å². The fourth-order valence-electron chi connectivity index (χ4n) is 5.22. The molecule has 0 saturated heterocycles. The van der Waals surface area contributed by atoms with Gasteiger partial charge in [0.15, 0.2) is 0 Å². The molecule has 0 unspecified atom stereocenters. The van der Waals surface area contributed by atoms with Crippen LogP contribution in [0.4, 0.5) is 10.1 Å². The van der Waals surface area contributed by atoms with Gasteiger partial charge in [0.05, 0.1) is 10.6 Å². The lowest BCUT2D eigenvalue weighted by atomic mass is 10.1. The van der Waals surface area contributed by atoms with Crippen molar-refractivity contribution in [1.82, 2.24) is 10.2 Å². The highest BCUT2D eigenvalue weighted by molar-refractivity contribution is 7.92. The second-order valence-corrected chi connectivity index (χ2v) is 12.8. The molecule has 41 heavy (non-hydrogen) atoms. The molecule has 0 radical (unpaired) electrons. The molecule has 1 aliphatic rings. The second-order valence-electron chi connectivity index (χ2n) is 10.9. The maximum Gasteiger partial charge on any atom is 0.264 e. The van der Waals surface area contributed by atoms with Crippen molar-refractivity contribution in [2.75, 3.05) is 10.8 Å². The smallest absolute Gasteiger partial charge is 0.264 e. The van der Waals surface area contributed by atoms with Crippen LogP contribution >= 0.6 is 0 Å². The molecule has 1 atom stereocenters. The van der Waals surface area contributed by atoms with E-state index in [1.165, 1.54) is 23.1 Å². The fraction of sp³-hybridized carbons (Fsp3) is 0.375. The number of sulfonamides is 1. The van der Waals surface area contributed by atoms with E-state index in [-0.39, 0.29) is 29.0 Å². The third kappa shape index (κ3) is 7.14. The van der Waals surface area contributed by atoms with Gasteiger partial charge >= 0.3 is 0 Å². The van der Waals surface area contributed by atoms with Crippen LogP contribution in [-0.4, -0.2) is 43.8 Å². The summed E-state index contributed by atoms with van der Waals surface area (Å²) in [5.41, 5.74) is 3.13. The standard InChI is InChI=1S/C32H38FN3O4S/c1-22-13-16-28(17-14-22)41(39,40)36(30-18-15-23(2)19-24(30)3)21-31(37)35(20-26-9-5-8-12-29(26)33)25(4)32(38)34-27-10-6-7-11-27/h5,8-9,12-19,25,27H,6-7,10-11,20-21H2,1-4H3,(H,34,38)/t25-/m0/s1. The molecule has 0 aromatic heterocycles. The van der Waals surface area contributed by atoms with Gasteiger partial charge in [0.1, 0.15) is 18.4 Å². The Kier molecular flexibility index (Phi) is 9.48. The van der Waals surface area contributed by atoms with Gasteiger partial charge in [-0.05, 0) is 70.4 Å². The van der Waals surface area contributed by atoms with Crippen LogP contribution < -0.4 is 9.62 Å². The molecule has 1 aliphatic carbocycles. The van der Waals surface area contributed by atoms with Gasteiger partial charge in [-0.25, -0.2) is 12.8 Å². The van der Waals surface area contributed by atoms with E-state index < -0.39 is 34.3 Å². The second kappa shape index (κ2) is 12.9. The zero-order chi connectivity index (χ0) is 29.7. The number of anilines is 1. The van der Waals surface area contributed by atoms with E-state index in [1.807, 2.05) is 19.9 Å². The molecule has 1 saturated carbocycles. The van der Waals surface area contributed by atoms with Gasteiger partial charge in [-0.2, -0.15) is 0 Å². The van der Waals surface area contributed by atoms with E-state index in [9.17, 15) is 22.4 Å². The number of carbonyl (C=O) groups is 2. The van der Waals surface area contributed by atoms with Crippen LogP contribution in [0.1, 0.15) is 54.9 Å². The molecule has 0 aliphatic heterocycles. The normalized spacial score (nSPS) is 14.5. The first-order chi connectivity index (χ1) is 19.5. The number of benzene rings is 3. The average Bonchev–Trinajstić information content (AvgIpc) is 3.44. The zero-order valence-corrected chi connectivity index (χ0v) is 24.9. The predicted octanol–water partition coefficient (Wildman–Crippen LogP) is 5.42. The van der Waals surface area contributed by atoms with E-state index in [0.717, 1.165) is 41.1 Å². The summed E-state index contributed by atoms with van der Waals surface area (Å²) in [6, 6.07) is 16.9. The summed E-state index contributed by atoms with van der Waals surface area (Å²) in [6.07, 6.45) is 3.79. The van der Waals surface area contributed by atoms with Gasteiger partial charge in [0.25, 0.3) is 10.0 Å². The number of nitrogens with zero attached hydrogens (tertiary/aromatic N) is 2. The van der Waals surface area contributed by atoms with Gasteiger partial charge in [0.2, 0.25) is 11.8 Å². The van der Waals surface area contributed by atoms with Crippen molar-refractivity contribution in [3.63, 3.8) is 0 Å². The molecule has 1 N–H and O–H groups in total. The molecule has 0 spiro atoms. The Morgan fingerprint density at radius 3 is 2.22 bits per heavy atom. The maximum absolute atomic E-state index is 14.7. The van der Waals surface area contributed by atoms with E-state index in [2.05, 4.69) is 5.32 Å². The number of hydrogen-bond acceptors (Lipinski definition) is 4. The molecular formula is C32H38FN3O4S. The third-order valence-electron chi connectivity index (χ3n) is 7.68. The number of carbonyl (C=O) groups excluding carboxylic acids is 2. The fourth-order valence-corrected chi connectivity index (χ4v) is 6.70. The van der Waals surface area contributed by atoms with Crippen molar-refractivity contribution in [2.24, 2.45) is 0 Å². The van der Waals surface area contributed by atoms with Gasteiger partial charge in [-0.3, -0.25) is 13.9 Å². The van der Waals surface area contributed by atoms with Crippen LogP contribution in [0.3, 0.4) is 0 Å². The minimum Gasteiger partial charge on any atom is -0.352 e. The highest BCUT2D eigenvalue weighted by Crippen LogP contribution is 2.28. The molecular weight excluding hydrogens is 541 g/mol. The highest BCUT2D eigenvalue weighted by Gasteiger charge is 2.34. The number of aryl methyl sites for hydroxylation is 3. The van der Waals surface area contributed by atoms with Crippen LogP contribution in [0, 0.1) is 26.6 Å². The molecule has 3 aromatic carbocycles. The number of hydrogen-bond donors (Lipinski definition) is 1. The summed E-state index contributed by atoms with van der Waals surface area (Å²) >= 11 is 0. The molecule has 7 nitrogen and oxygen atoms in total. The predicted molar refractivity (Wildman–Crippen MR) is 158 cm³/mol. The molecule has 4 rings (SSSR count). The maximum atomic E-state index is 14.7. The Hall–Kier alpha value is -3.72. The molecule has 1 fully saturated rings. The average molecular weight is 580 g/mol. The Bertz CT molecular complexity index is 1500. The molecule has 0 heterocycles. The van der Waals surface area contributed by atoms with E-state index in [0.29, 0.717) is 11.3 Å². The van der Waals surface area contributed by atoms with Gasteiger partial charge < -0.3 is 10.2 Å². The Morgan fingerprint density at radius 1 is 0.951 bits per heavy atom. The first-order valence-electron chi connectivity index (χ1n) is 14.0. The Labute approximate surface area is 242 Å². The van der Waals surface area contributed by atoms with E-state index in [1.54, 1.807) is 56.3 Å². The van der Waals surface area contributed by atoms with E-state index in [4.69, 9.17) is 0 Å². The molecule has 218 valence electrons. The van der Waals surface area contributed by atoms with Crippen molar-refractivity contribution < 1.29 is 22.4 Å². The monoisotopic (exact) mass is 579 g/mol. The van der Waals surface area contributed by atoms with Crippen molar-refractivity contribution in [2.45, 2.75) is 76.9 Å². The number of nitrogens with one attached hydrogen (secondary N) is 1. The van der Waals surface area contributed by atoms with Gasteiger partial charge in [0, 0.05) is 18.2 Å². The van der Waals surface area contributed by atoms with Crippen LogP contribution in [-0.2, 0) is 26.2 Å². The highest BCUT2D eigenvalue weighted by atomic mass is 32.2. The minimum atomic E-state index is -4.17. The number of rotatable bonds is 10. The van der Waals surface area contributed by atoms with Gasteiger partial charge in [-0.1, -0.05) is 66.4 Å². The molecule has 2 amide bonds. The zero-order valence-electron chi connectivity index (χ0n) is 24.1. The first-order valence-corrected chi connectivity index (χ1v) is 15.4. The molecule has 3 aromatic rings. The quantitative estimate of drug-likeness (QED) is 0.348. The summed E-state index contributed by atoms with van der Waals surface area (Å²) in [7, 11) is -4.17. The van der Waals surface area contributed by atoms with Crippen molar-refractivity contribution in [3.8, 4) is 0 Å². The van der Waals surface area contributed by atoms with Crippen molar-refractivity contribution in [1.29, 1.82) is 0 Å². The SMILES string of the molecule is Cc1ccc(S(=O)(=O)N(CC(=O)N(Cc2ccccc2F)[C@@H](C)C(=O)NC2CCCC2)c2ccc(C)cc2C)cc1. The van der Waals surface area contributed by atoms with Crippen LogP contribution in [0.2, 0.25) is 0 Å².